The van der Waals surface area contributed by atoms with Crippen LogP contribution in [0, 0.1) is 5.92 Å². The predicted molar refractivity (Wildman–Crippen MR) is 135 cm³/mol. The summed E-state index contributed by atoms with van der Waals surface area (Å²) in [6, 6.07) is 22.7. The third kappa shape index (κ3) is 4.98. The molecule has 1 fully saturated rings. The van der Waals surface area contributed by atoms with Gasteiger partial charge in [-0.2, -0.15) is 0 Å². The van der Waals surface area contributed by atoms with Crippen LogP contribution < -0.4 is 9.46 Å². The highest BCUT2D eigenvalue weighted by molar-refractivity contribution is 7.92. The van der Waals surface area contributed by atoms with Crippen molar-refractivity contribution in [2.45, 2.75) is 32.6 Å². The molecule has 1 saturated carbocycles. The topological polar surface area (TPSA) is 55.4 Å². The molecule has 0 radical (unpaired) electrons. The van der Waals surface area contributed by atoms with Crippen molar-refractivity contribution in [2.75, 3.05) is 17.6 Å². The van der Waals surface area contributed by atoms with Crippen LogP contribution in [0.5, 0.6) is 5.75 Å². The molecule has 0 unspecified atom stereocenters. The van der Waals surface area contributed by atoms with E-state index in [-0.39, 0.29) is 0 Å². The third-order valence-electron chi connectivity index (χ3n) is 6.45. The van der Waals surface area contributed by atoms with Crippen LogP contribution in [0.1, 0.15) is 47.6 Å². The fourth-order valence-electron chi connectivity index (χ4n) is 4.58. The molecule has 33 heavy (non-hydrogen) atoms. The molecule has 0 saturated heterocycles. The zero-order valence-corrected chi connectivity index (χ0v) is 19.9. The first-order valence-electron chi connectivity index (χ1n) is 11.5. The highest BCUT2D eigenvalue weighted by Gasteiger charge is 2.23. The summed E-state index contributed by atoms with van der Waals surface area (Å²) in [5.74, 6) is 1.67. The molecule has 5 heteroatoms. The van der Waals surface area contributed by atoms with Gasteiger partial charge in [0.1, 0.15) is 5.75 Å². The third-order valence-corrected chi connectivity index (χ3v) is 7.06. The number of benzene rings is 3. The minimum absolute atomic E-state index is 0.570. The number of hydrogen-bond acceptors (Lipinski definition) is 3. The van der Waals surface area contributed by atoms with Gasteiger partial charge in [-0.05, 0) is 102 Å². The molecule has 170 valence electrons. The summed E-state index contributed by atoms with van der Waals surface area (Å²) < 4.78 is 32.2. The van der Waals surface area contributed by atoms with Gasteiger partial charge in [-0.15, -0.1) is 0 Å². The molecule has 0 bridgehead atoms. The van der Waals surface area contributed by atoms with E-state index in [2.05, 4.69) is 54.1 Å². The second kappa shape index (κ2) is 8.71. The van der Waals surface area contributed by atoms with Crippen molar-refractivity contribution < 1.29 is 13.2 Å². The molecule has 0 aromatic heterocycles. The summed E-state index contributed by atoms with van der Waals surface area (Å²) in [7, 11) is -3.34. The van der Waals surface area contributed by atoms with E-state index in [1.165, 1.54) is 46.9 Å². The van der Waals surface area contributed by atoms with E-state index < -0.39 is 10.0 Å². The van der Waals surface area contributed by atoms with Gasteiger partial charge < -0.3 is 4.74 Å². The zero-order valence-electron chi connectivity index (χ0n) is 19.1. The second-order valence-corrected chi connectivity index (χ2v) is 10.9. The number of anilines is 1. The first kappa shape index (κ1) is 21.8. The molecule has 0 atom stereocenters. The van der Waals surface area contributed by atoms with Crippen molar-refractivity contribution in [3.63, 3.8) is 0 Å². The molecule has 5 rings (SSSR count). The van der Waals surface area contributed by atoms with Crippen LogP contribution in [0.25, 0.3) is 11.1 Å². The number of allylic oxidation sites excluding steroid dienone is 1. The van der Waals surface area contributed by atoms with E-state index in [0.717, 1.165) is 42.3 Å². The number of nitrogens with one attached hydrogen (secondary N) is 1. The lowest BCUT2D eigenvalue weighted by Gasteiger charge is -2.18. The molecule has 2 aliphatic rings. The summed E-state index contributed by atoms with van der Waals surface area (Å²) in [6.45, 7) is 2.93. The first-order valence-corrected chi connectivity index (χ1v) is 13.4. The van der Waals surface area contributed by atoms with Gasteiger partial charge in [0.15, 0.2) is 0 Å². The maximum atomic E-state index is 11.8. The lowest BCUT2D eigenvalue weighted by Crippen LogP contribution is -2.09. The van der Waals surface area contributed by atoms with Crippen molar-refractivity contribution >= 4 is 26.9 Å². The van der Waals surface area contributed by atoms with Crippen LogP contribution in [-0.4, -0.2) is 21.3 Å². The normalized spacial score (nSPS) is 16.9. The maximum Gasteiger partial charge on any atom is 0.229 e. The highest BCUT2D eigenvalue weighted by Crippen LogP contribution is 2.40. The fraction of sp³-hybridized carbons (Fsp3) is 0.286. The standard InChI is InChI=1S/C28H29NO3S/c1-19(22-7-5-8-24(16-22)29-33(2,30)31)28-26-9-4-3-6-21(26)12-13-23-17-25(14-15-27(23)28)32-18-20-10-11-20/h3-9,14-17,20,29H,10-13,18H2,1-2H3/b28-19-. The van der Waals surface area contributed by atoms with Gasteiger partial charge in [0.2, 0.25) is 10.0 Å². The Morgan fingerprint density at radius 1 is 0.939 bits per heavy atom. The molecular weight excluding hydrogens is 430 g/mol. The van der Waals surface area contributed by atoms with Crippen molar-refractivity contribution in [2.24, 2.45) is 5.92 Å². The Bertz CT molecular complexity index is 1340. The van der Waals surface area contributed by atoms with Gasteiger partial charge in [-0.1, -0.05) is 42.5 Å². The minimum Gasteiger partial charge on any atom is -0.493 e. The van der Waals surface area contributed by atoms with Gasteiger partial charge in [0, 0.05) is 5.69 Å². The summed E-state index contributed by atoms with van der Waals surface area (Å²) in [6.07, 6.45) is 5.66. The lowest BCUT2D eigenvalue weighted by molar-refractivity contribution is 0.299. The highest BCUT2D eigenvalue weighted by atomic mass is 32.2. The molecule has 3 aromatic rings. The smallest absolute Gasteiger partial charge is 0.229 e. The van der Waals surface area contributed by atoms with E-state index >= 15 is 0 Å². The Labute approximate surface area is 196 Å². The largest absolute Gasteiger partial charge is 0.493 e. The van der Waals surface area contributed by atoms with Crippen LogP contribution >= 0.6 is 0 Å². The Balaban J connectivity index is 1.62. The van der Waals surface area contributed by atoms with Crippen molar-refractivity contribution in [1.82, 2.24) is 0 Å². The van der Waals surface area contributed by atoms with Crippen molar-refractivity contribution in [1.29, 1.82) is 0 Å². The monoisotopic (exact) mass is 459 g/mol. The van der Waals surface area contributed by atoms with Gasteiger partial charge in [-0.25, -0.2) is 8.42 Å². The van der Waals surface area contributed by atoms with Gasteiger partial charge >= 0.3 is 0 Å². The predicted octanol–water partition coefficient (Wildman–Crippen LogP) is 5.92. The molecular formula is C28H29NO3S. The van der Waals surface area contributed by atoms with Crippen LogP contribution in [0.4, 0.5) is 5.69 Å². The van der Waals surface area contributed by atoms with Crippen molar-refractivity contribution in [3.8, 4) is 5.75 Å². The van der Waals surface area contributed by atoms with Gasteiger partial charge in [0.05, 0.1) is 12.9 Å². The molecule has 0 spiro atoms. The van der Waals surface area contributed by atoms with Gasteiger partial charge in [-0.3, -0.25) is 4.72 Å². The summed E-state index contributed by atoms with van der Waals surface area (Å²) >= 11 is 0. The van der Waals surface area contributed by atoms with Crippen LogP contribution in [-0.2, 0) is 22.9 Å². The fourth-order valence-corrected chi connectivity index (χ4v) is 5.14. The average Bonchev–Trinajstić information content (AvgIpc) is 3.62. The molecule has 3 aromatic carbocycles. The number of ether oxygens (including phenoxy) is 1. The molecule has 1 N–H and O–H groups in total. The summed E-state index contributed by atoms with van der Waals surface area (Å²) in [5.41, 5.74) is 8.96. The number of hydrogen-bond donors (Lipinski definition) is 1. The van der Waals surface area contributed by atoms with Crippen LogP contribution in [0.2, 0.25) is 0 Å². The molecule has 0 aliphatic heterocycles. The average molecular weight is 460 g/mol. The minimum atomic E-state index is -3.34. The Kier molecular flexibility index (Phi) is 5.75. The molecule has 4 nitrogen and oxygen atoms in total. The Hall–Kier alpha value is -3.05. The molecule has 0 amide bonds. The van der Waals surface area contributed by atoms with Crippen molar-refractivity contribution in [3.05, 3.63) is 94.5 Å². The SMILES string of the molecule is C/C(=C1\c2ccccc2CCc2cc(OCC3CC3)ccc21)c1cccc(NS(C)(=O)=O)c1. The number of rotatable bonds is 6. The van der Waals surface area contributed by atoms with E-state index in [9.17, 15) is 8.42 Å². The van der Waals surface area contributed by atoms with E-state index in [1.807, 2.05) is 18.2 Å². The number of sulfonamides is 1. The molecule has 0 heterocycles. The quantitative estimate of drug-likeness (QED) is 0.497. The van der Waals surface area contributed by atoms with Gasteiger partial charge in [0.25, 0.3) is 0 Å². The Morgan fingerprint density at radius 3 is 2.48 bits per heavy atom. The number of fused-ring (bicyclic) bond motifs is 2. The van der Waals surface area contributed by atoms with Crippen LogP contribution in [0.3, 0.4) is 0 Å². The second-order valence-electron chi connectivity index (χ2n) is 9.19. The van der Waals surface area contributed by atoms with Crippen LogP contribution in [0.15, 0.2) is 66.7 Å². The first-order chi connectivity index (χ1) is 15.9. The van der Waals surface area contributed by atoms with E-state index in [1.54, 1.807) is 6.07 Å². The number of aryl methyl sites for hydroxylation is 2. The molecule has 2 aliphatic carbocycles. The van der Waals surface area contributed by atoms with E-state index in [4.69, 9.17) is 4.74 Å². The maximum absolute atomic E-state index is 11.8. The summed E-state index contributed by atoms with van der Waals surface area (Å²) in [4.78, 5) is 0. The Morgan fingerprint density at radius 2 is 1.70 bits per heavy atom. The lowest BCUT2D eigenvalue weighted by atomic mass is 9.88. The zero-order chi connectivity index (χ0) is 23.0. The van der Waals surface area contributed by atoms with E-state index in [0.29, 0.717) is 5.69 Å². The summed E-state index contributed by atoms with van der Waals surface area (Å²) in [5, 5.41) is 0.